The normalized spacial score (nSPS) is 28.5. The molecule has 0 aliphatic carbocycles. The Morgan fingerprint density at radius 2 is 1.97 bits per heavy atom. The molecule has 38 heavy (non-hydrogen) atoms. The van der Waals surface area contributed by atoms with Gasteiger partial charge in [-0.3, -0.25) is 10.00 Å². The zero-order valence-corrected chi connectivity index (χ0v) is 22.2. The summed E-state index contributed by atoms with van der Waals surface area (Å²) in [5, 5.41) is 28.1. The third-order valence-electron chi connectivity index (χ3n) is 9.10. The number of rotatable bonds is 9. The Morgan fingerprint density at radius 1 is 1.16 bits per heavy atom. The number of anilines is 4. The molecule has 6 heterocycles. The third kappa shape index (κ3) is 4.14. The number of piperidine rings is 2. The zero-order valence-electron chi connectivity index (χ0n) is 22.2. The van der Waals surface area contributed by atoms with Crippen LogP contribution in [0.4, 0.5) is 23.3 Å². The highest BCUT2D eigenvalue weighted by Crippen LogP contribution is 2.58. The molecule has 4 atom stereocenters. The van der Waals surface area contributed by atoms with Gasteiger partial charge in [0.1, 0.15) is 5.82 Å². The molecule has 0 amide bonds. The summed E-state index contributed by atoms with van der Waals surface area (Å²) in [4.78, 5) is 14.9. The molecule has 10 heteroatoms. The number of hydrogen-bond acceptors (Lipinski definition) is 9. The molecule has 10 nitrogen and oxygen atoms in total. The standard InChI is InChI=1S/C28H36N10/c1-17-8-25(36-35-17)33-26-23-5-4-19(30-14-18-15-37(2)16-18)11-24(23)32-27(34-26)31-20-9-21-12-28(6-3-7-29)13-22(10-20)38(21)28/h4-5,8,11,18,20-22,30H,3,6,9-10,12-16H2,1-2H3,(H3,31,32,33,34,35,36)/t20?,21-,22+,28?. The molecule has 0 radical (unpaired) electrons. The van der Waals surface area contributed by atoms with Gasteiger partial charge in [0.2, 0.25) is 5.95 Å². The quantitative estimate of drug-likeness (QED) is 0.339. The zero-order chi connectivity index (χ0) is 25.9. The van der Waals surface area contributed by atoms with Crippen LogP contribution >= 0.6 is 0 Å². The SMILES string of the molecule is Cc1cc(Nc2nc(NC3C[C@@H]4CC5(CCC#N)C[C@H](C3)N45)nc3cc(NCC4CN(C)C4)ccc23)n[nH]1. The summed E-state index contributed by atoms with van der Waals surface area (Å²) in [6.45, 7) is 5.26. The smallest absolute Gasteiger partial charge is 0.225 e. The van der Waals surface area contributed by atoms with Crippen LogP contribution in [0, 0.1) is 24.2 Å². The Kier molecular flexibility index (Phi) is 5.67. The number of nitriles is 1. The van der Waals surface area contributed by atoms with Gasteiger partial charge < -0.3 is 20.9 Å². The Labute approximate surface area is 223 Å². The molecule has 0 saturated carbocycles. The van der Waals surface area contributed by atoms with Gasteiger partial charge in [-0.05, 0) is 64.3 Å². The number of hydrogen-bond donors (Lipinski definition) is 4. The Bertz CT molecular complexity index is 1370. The molecule has 7 rings (SSSR count). The summed E-state index contributed by atoms with van der Waals surface area (Å²) < 4.78 is 0. The molecule has 4 aliphatic rings. The van der Waals surface area contributed by atoms with Crippen molar-refractivity contribution >= 4 is 34.2 Å². The van der Waals surface area contributed by atoms with Gasteiger partial charge >= 0.3 is 0 Å². The highest BCUT2D eigenvalue weighted by atomic mass is 15.4. The first kappa shape index (κ1) is 23.7. The van der Waals surface area contributed by atoms with E-state index in [9.17, 15) is 0 Å². The van der Waals surface area contributed by atoms with Crippen LogP contribution in [0.25, 0.3) is 10.9 Å². The van der Waals surface area contributed by atoms with Crippen molar-refractivity contribution in [2.45, 2.75) is 69.1 Å². The van der Waals surface area contributed by atoms with E-state index >= 15 is 0 Å². The number of benzene rings is 1. The highest BCUT2D eigenvalue weighted by Gasteiger charge is 2.64. The van der Waals surface area contributed by atoms with Crippen LogP contribution in [0.3, 0.4) is 0 Å². The fraction of sp³-hybridized carbons (Fsp3) is 0.571. The van der Waals surface area contributed by atoms with Gasteiger partial charge in [-0.2, -0.15) is 15.3 Å². The molecular formula is C28H36N10. The average Bonchev–Trinajstić information content (AvgIpc) is 3.26. The van der Waals surface area contributed by atoms with Crippen LogP contribution in [0.2, 0.25) is 0 Å². The number of fused-ring (bicyclic) bond motifs is 1. The fourth-order valence-electron chi connectivity index (χ4n) is 7.51. The summed E-state index contributed by atoms with van der Waals surface area (Å²) in [5.41, 5.74) is 3.32. The number of aryl methyl sites for hydroxylation is 1. The third-order valence-corrected chi connectivity index (χ3v) is 9.10. The number of aromatic nitrogens is 4. The van der Waals surface area contributed by atoms with E-state index in [4.69, 9.17) is 15.2 Å². The summed E-state index contributed by atoms with van der Waals surface area (Å²) in [6, 6.07) is 12.3. The second-order valence-electron chi connectivity index (χ2n) is 12.0. The molecule has 3 aromatic rings. The monoisotopic (exact) mass is 512 g/mol. The van der Waals surface area contributed by atoms with Crippen LogP contribution in [0.5, 0.6) is 0 Å². The van der Waals surface area contributed by atoms with E-state index in [1.54, 1.807) is 0 Å². The van der Waals surface area contributed by atoms with Crippen molar-refractivity contribution in [1.82, 2.24) is 30.0 Å². The van der Waals surface area contributed by atoms with Crippen LogP contribution in [0.15, 0.2) is 24.3 Å². The molecular weight excluding hydrogens is 476 g/mol. The lowest BCUT2D eigenvalue weighted by Gasteiger charge is -2.74. The maximum Gasteiger partial charge on any atom is 0.225 e. The molecule has 1 aromatic carbocycles. The van der Waals surface area contributed by atoms with Crippen LogP contribution in [-0.2, 0) is 0 Å². The molecule has 0 bridgehead atoms. The molecule has 0 spiro atoms. The maximum absolute atomic E-state index is 9.05. The van der Waals surface area contributed by atoms with Gasteiger partial charge in [0.15, 0.2) is 5.82 Å². The first-order valence-electron chi connectivity index (χ1n) is 13.9. The van der Waals surface area contributed by atoms with Crippen LogP contribution in [0.1, 0.15) is 44.2 Å². The Morgan fingerprint density at radius 3 is 2.68 bits per heavy atom. The molecule has 4 fully saturated rings. The Balaban J connectivity index is 1.11. The Hall–Kier alpha value is -3.42. The van der Waals surface area contributed by atoms with E-state index in [2.05, 4.69) is 67.3 Å². The van der Waals surface area contributed by atoms with E-state index in [0.29, 0.717) is 42.0 Å². The first-order valence-corrected chi connectivity index (χ1v) is 13.9. The summed E-state index contributed by atoms with van der Waals surface area (Å²) in [7, 11) is 2.16. The van der Waals surface area contributed by atoms with Gasteiger partial charge in [0.25, 0.3) is 0 Å². The number of aromatic amines is 1. The number of nitrogens with one attached hydrogen (secondary N) is 4. The summed E-state index contributed by atoms with van der Waals surface area (Å²) in [5.74, 6) is 2.87. The number of H-pyrrole nitrogens is 1. The number of likely N-dealkylation sites (tertiary alicyclic amines) is 1. The van der Waals surface area contributed by atoms with Crippen molar-refractivity contribution in [3.05, 3.63) is 30.0 Å². The minimum atomic E-state index is 0.326. The van der Waals surface area contributed by atoms with Crippen molar-refractivity contribution in [3.63, 3.8) is 0 Å². The minimum absolute atomic E-state index is 0.326. The van der Waals surface area contributed by atoms with Crippen LogP contribution in [-0.4, -0.2) is 80.3 Å². The molecule has 4 aliphatic heterocycles. The lowest BCUT2D eigenvalue weighted by atomic mass is 9.57. The first-order chi connectivity index (χ1) is 18.5. The molecule has 4 saturated heterocycles. The minimum Gasteiger partial charge on any atom is -0.385 e. The predicted octanol–water partition coefficient (Wildman–Crippen LogP) is 3.84. The lowest BCUT2D eigenvalue weighted by Crippen LogP contribution is -2.81. The van der Waals surface area contributed by atoms with Crippen LogP contribution < -0.4 is 16.0 Å². The average molecular weight is 513 g/mol. The second kappa shape index (κ2) is 9.10. The fourth-order valence-corrected chi connectivity index (χ4v) is 7.51. The van der Waals surface area contributed by atoms with E-state index < -0.39 is 0 Å². The van der Waals surface area contributed by atoms with Crippen molar-refractivity contribution in [2.24, 2.45) is 5.92 Å². The van der Waals surface area contributed by atoms with Gasteiger partial charge in [0.05, 0.1) is 11.6 Å². The lowest BCUT2D eigenvalue weighted by molar-refractivity contribution is -0.222. The molecule has 2 aromatic heterocycles. The van der Waals surface area contributed by atoms with Gasteiger partial charge in [0, 0.05) is 78.5 Å². The van der Waals surface area contributed by atoms with Crippen molar-refractivity contribution < 1.29 is 0 Å². The van der Waals surface area contributed by atoms with E-state index in [1.165, 1.54) is 12.8 Å². The van der Waals surface area contributed by atoms with Gasteiger partial charge in [-0.25, -0.2) is 4.98 Å². The summed E-state index contributed by atoms with van der Waals surface area (Å²) in [6.07, 6.45) is 6.34. The van der Waals surface area contributed by atoms with Gasteiger partial charge in [-0.15, -0.1) is 0 Å². The van der Waals surface area contributed by atoms with E-state index in [-0.39, 0.29) is 0 Å². The molecule has 198 valence electrons. The highest BCUT2D eigenvalue weighted by molar-refractivity contribution is 5.93. The maximum atomic E-state index is 9.05. The molecule has 2 unspecified atom stereocenters. The van der Waals surface area contributed by atoms with Gasteiger partial charge in [-0.1, -0.05) is 0 Å². The predicted molar refractivity (Wildman–Crippen MR) is 148 cm³/mol. The van der Waals surface area contributed by atoms with Crippen molar-refractivity contribution in [1.29, 1.82) is 5.26 Å². The largest absolute Gasteiger partial charge is 0.385 e. The second-order valence-corrected chi connectivity index (χ2v) is 12.0. The van der Waals surface area contributed by atoms with Crippen molar-refractivity contribution in [2.75, 3.05) is 42.6 Å². The topological polar surface area (TPSA) is 121 Å². The van der Waals surface area contributed by atoms with E-state index in [0.717, 1.165) is 72.8 Å². The van der Waals surface area contributed by atoms with E-state index in [1.807, 2.05) is 13.0 Å². The van der Waals surface area contributed by atoms with Crippen molar-refractivity contribution in [3.8, 4) is 6.07 Å². The number of nitrogens with zero attached hydrogens (tertiary/aromatic N) is 6. The molecule has 4 N–H and O–H groups in total. The summed E-state index contributed by atoms with van der Waals surface area (Å²) >= 11 is 0.